The summed E-state index contributed by atoms with van der Waals surface area (Å²) in [5, 5.41) is 10.9. The summed E-state index contributed by atoms with van der Waals surface area (Å²) >= 11 is 0. The van der Waals surface area contributed by atoms with Crippen molar-refractivity contribution in [1.82, 2.24) is 0 Å². The van der Waals surface area contributed by atoms with E-state index in [2.05, 4.69) is 26.6 Å². The van der Waals surface area contributed by atoms with Gasteiger partial charge >= 0.3 is 0 Å². The fourth-order valence-electron chi connectivity index (χ4n) is 2.17. The Bertz CT molecular complexity index is 268. The quantitative estimate of drug-likeness (QED) is 0.306. The molecule has 0 amide bonds. The van der Waals surface area contributed by atoms with E-state index in [0.29, 0.717) is 12.0 Å². The van der Waals surface area contributed by atoms with Gasteiger partial charge in [0, 0.05) is 16.9 Å². The number of hydrogen-bond acceptors (Lipinski definition) is 2. The molecule has 1 aliphatic rings. The third-order valence-electron chi connectivity index (χ3n) is 3.10. The van der Waals surface area contributed by atoms with Crippen molar-refractivity contribution in [2.24, 2.45) is 0 Å². The standard InChI is InChI=1S/C10H19NO2Si/c1-8-5-6-9(11(12)13)10(7-8)14(2,3)4/h5,9-10H,6-7H2,1-4H3/t9-,10-/m0/s1. The number of allylic oxidation sites excluding steroid dienone is 1. The normalized spacial score (nSPS) is 28.4. The van der Waals surface area contributed by atoms with Gasteiger partial charge in [-0.3, -0.25) is 10.1 Å². The highest BCUT2D eigenvalue weighted by atomic mass is 28.3. The Morgan fingerprint density at radius 1 is 1.50 bits per heavy atom. The lowest BCUT2D eigenvalue weighted by molar-refractivity contribution is -0.523. The van der Waals surface area contributed by atoms with Crippen LogP contribution in [0, 0.1) is 10.1 Å². The van der Waals surface area contributed by atoms with Crippen LogP contribution in [0.15, 0.2) is 11.6 Å². The zero-order valence-electron chi connectivity index (χ0n) is 9.41. The molecule has 3 nitrogen and oxygen atoms in total. The maximum atomic E-state index is 10.9. The van der Waals surface area contributed by atoms with Crippen LogP contribution < -0.4 is 0 Å². The summed E-state index contributed by atoms with van der Waals surface area (Å²) in [5.41, 5.74) is 1.64. The summed E-state index contributed by atoms with van der Waals surface area (Å²) in [7, 11) is -1.41. The molecule has 0 N–H and O–H groups in total. The van der Waals surface area contributed by atoms with Gasteiger partial charge in [0.25, 0.3) is 0 Å². The van der Waals surface area contributed by atoms with Crippen LogP contribution in [0.1, 0.15) is 19.8 Å². The maximum Gasteiger partial charge on any atom is 0.217 e. The molecule has 0 bridgehead atoms. The zero-order valence-corrected chi connectivity index (χ0v) is 10.4. The Hall–Kier alpha value is -0.643. The van der Waals surface area contributed by atoms with Gasteiger partial charge in [-0.05, 0) is 13.3 Å². The van der Waals surface area contributed by atoms with Crippen molar-refractivity contribution >= 4 is 8.07 Å². The fraction of sp³-hybridized carbons (Fsp3) is 0.800. The second-order valence-electron chi connectivity index (χ2n) is 5.32. The van der Waals surface area contributed by atoms with Gasteiger partial charge in [-0.25, -0.2) is 0 Å². The van der Waals surface area contributed by atoms with Crippen molar-refractivity contribution in [1.29, 1.82) is 0 Å². The second-order valence-corrected chi connectivity index (χ2v) is 10.8. The lowest BCUT2D eigenvalue weighted by atomic mass is 9.96. The summed E-state index contributed by atoms with van der Waals surface area (Å²) in [5.74, 6) is 0. The Morgan fingerprint density at radius 3 is 2.50 bits per heavy atom. The summed E-state index contributed by atoms with van der Waals surface area (Å²) in [6.45, 7) is 8.77. The molecule has 0 radical (unpaired) electrons. The summed E-state index contributed by atoms with van der Waals surface area (Å²) in [4.78, 5) is 10.8. The SMILES string of the molecule is CC1=CC[C@H]([N+](=O)[O-])[C@@H]([Si](C)(C)C)C1. The van der Waals surface area contributed by atoms with E-state index in [0.717, 1.165) is 6.42 Å². The molecule has 0 spiro atoms. The molecule has 1 rings (SSSR count). The molecule has 0 saturated heterocycles. The molecular formula is C10H19NO2Si. The predicted molar refractivity (Wildman–Crippen MR) is 60.9 cm³/mol. The average Bonchev–Trinajstić information content (AvgIpc) is 2.01. The Balaban J connectivity index is 2.89. The molecule has 80 valence electrons. The van der Waals surface area contributed by atoms with Gasteiger partial charge in [0.15, 0.2) is 0 Å². The molecule has 0 aromatic rings. The Kier molecular flexibility index (Phi) is 3.14. The van der Waals surface area contributed by atoms with E-state index in [4.69, 9.17) is 0 Å². The van der Waals surface area contributed by atoms with Crippen molar-refractivity contribution in [3.63, 3.8) is 0 Å². The van der Waals surface area contributed by atoms with E-state index in [-0.39, 0.29) is 11.0 Å². The number of nitrogens with zero attached hydrogens (tertiary/aromatic N) is 1. The first-order valence-corrected chi connectivity index (χ1v) is 8.69. The van der Waals surface area contributed by atoms with Crippen LogP contribution in [0.5, 0.6) is 0 Å². The van der Waals surface area contributed by atoms with Crippen LogP contribution in [-0.4, -0.2) is 19.0 Å². The van der Waals surface area contributed by atoms with E-state index in [1.807, 2.05) is 6.08 Å². The Morgan fingerprint density at radius 2 is 2.07 bits per heavy atom. The number of rotatable bonds is 2. The van der Waals surface area contributed by atoms with Crippen molar-refractivity contribution in [2.45, 2.75) is 51.0 Å². The third kappa shape index (κ3) is 2.44. The topological polar surface area (TPSA) is 43.1 Å². The van der Waals surface area contributed by atoms with Crippen LogP contribution in [0.2, 0.25) is 25.2 Å². The summed E-state index contributed by atoms with van der Waals surface area (Å²) in [6, 6.07) is -0.328. The highest BCUT2D eigenvalue weighted by Crippen LogP contribution is 2.38. The van der Waals surface area contributed by atoms with E-state index in [1.165, 1.54) is 5.57 Å². The average molecular weight is 213 g/mol. The number of hydrogen-bond donors (Lipinski definition) is 0. The minimum Gasteiger partial charge on any atom is -0.264 e. The van der Waals surface area contributed by atoms with Crippen molar-refractivity contribution in [3.8, 4) is 0 Å². The van der Waals surface area contributed by atoms with E-state index >= 15 is 0 Å². The minimum absolute atomic E-state index is 0.0775. The molecule has 2 atom stereocenters. The first kappa shape index (κ1) is 11.4. The minimum atomic E-state index is -1.41. The van der Waals surface area contributed by atoms with Crippen LogP contribution >= 0.6 is 0 Å². The molecular weight excluding hydrogens is 194 g/mol. The third-order valence-corrected chi connectivity index (χ3v) is 5.91. The predicted octanol–water partition coefficient (Wildman–Crippen LogP) is 3.08. The van der Waals surface area contributed by atoms with Crippen LogP contribution in [0.3, 0.4) is 0 Å². The lowest BCUT2D eigenvalue weighted by Gasteiger charge is -2.33. The van der Waals surface area contributed by atoms with Gasteiger partial charge in [0.1, 0.15) is 0 Å². The first-order chi connectivity index (χ1) is 6.32. The van der Waals surface area contributed by atoms with Gasteiger partial charge < -0.3 is 0 Å². The molecule has 0 aromatic heterocycles. The molecule has 0 unspecified atom stereocenters. The molecule has 0 aliphatic heterocycles. The van der Waals surface area contributed by atoms with Crippen LogP contribution in [0.25, 0.3) is 0 Å². The monoisotopic (exact) mass is 213 g/mol. The van der Waals surface area contributed by atoms with E-state index in [9.17, 15) is 10.1 Å². The van der Waals surface area contributed by atoms with E-state index < -0.39 is 8.07 Å². The van der Waals surface area contributed by atoms with Crippen molar-refractivity contribution in [2.75, 3.05) is 0 Å². The highest BCUT2D eigenvalue weighted by Gasteiger charge is 2.41. The largest absolute Gasteiger partial charge is 0.264 e. The van der Waals surface area contributed by atoms with Crippen LogP contribution in [-0.2, 0) is 0 Å². The zero-order chi connectivity index (χ0) is 10.9. The number of nitro groups is 1. The highest BCUT2D eigenvalue weighted by molar-refractivity contribution is 6.77. The summed E-state index contributed by atoms with van der Waals surface area (Å²) in [6.07, 6.45) is 3.60. The second kappa shape index (κ2) is 3.85. The van der Waals surface area contributed by atoms with Gasteiger partial charge in [-0.2, -0.15) is 0 Å². The maximum absolute atomic E-state index is 10.9. The molecule has 0 saturated carbocycles. The summed E-state index contributed by atoms with van der Waals surface area (Å²) < 4.78 is 0. The van der Waals surface area contributed by atoms with E-state index in [1.54, 1.807) is 0 Å². The van der Waals surface area contributed by atoms with Crippen molar-refractivity contribution in [3.05, 3.63) is 21.8 Å². The van der Waals surface area contributed by atoms with Gasteiger partial charge in [-0.1, -0.05) is 31.3 Å². The smallest absolute Gasteiger partial charge is 0.217 e. The van der Waals surface area contributed by atoms with Gasteiger partial charge in [0.2, 0.25) is 6.04 Å². The Labute approximate surface area is 86.4 Å². The molecule has 4 heteroatoms. The first-order valence-electron chi connectivity index (χ1n) is 5.11. The molecule has 0 aromatic carbocycles. The fourth-order valence-corrected chi connectivity index (χ4v) is 4.52. The lowest BCUT2D eigenvalue weighted by Crippen LogP contribution is -2.41. The van der Waals surface area contributed by atoms with Crippen LogP contribution in [0.4, 0.5) is 0 Å². The van der Waals surface area contributed by atoms with Gasteiger partial charge in [-0.15, -0.1) is 0 Å². The van der Waals surface area contributed by atoms with Gasteiger partial charge in [0.05, 0.1) is 8.07 Å². The molecule has 1 aliphatic carbocycles. The molecule has 0 fully saturated rings. The molecule has 14 heavy (non-hydrogen) atoms. The molecule has 0 heterocycles. The van der Waals surface area contributed by atoms with Crippen molar-refractivity contribution < 1.29 is 4.92 Å².